The molecule has 0 radical (unpaired) electrons. The molecule has 1 aromatic rings. The number of hydrogen-bond acceptors (Lipinski definition) is 5. The van der Waals surface area contributed by atoms with Crippen molar-refractivity contribution in [2.24, 2.45) is 5.92 Å². The van der Waals surface area contributed by atoms with Crippen LogP contribution in [0.1, 0.15) is 43.1 Å². The van der Waals surface area contributed by atoms with Gasteiger partial charge in [0, 0.05) is 20.0 Å². The minimum absolute atomic E-state index is 0.207. The lowest BCUT2D eigenvalue weighted by Gasteiger charge is -2.14. The van der Waals surface area contributed by atoms with Gasteiger partial charge in [-0.05, 0) is 30.9 Å². The van der Waals surface area contributed by atoms with Crippen molar-refractivity contribution >= 4 is 17.7 Å². The first kappa shape index (κ1) is 16.9. The second kappa shape index (κ2) is 8.89. The molecule has 1 heterocycles. The second-order valence-corrected chi connectivity index (χ2v) is 4.81. The topological polar surface area (TPSA) is 104 Å². The van der Waals surface area contributed by atoms with Crippen LogP contribution in [0, 0.1) is 5.92 Å². The summed E-state index contributed by atoms with van der Waals surface area (Å²) in [6, 6.07) is 3.31. The van der Waals surface area contributed by atoms with Crippen LogP contribution in [0.5, 0.6) is 0 Å². The minimum atomic E-state index is -0.753. The Hall–Kier alpha value is -2.18. The molecule has 116 valence electrons. The third kappa shape index (κ3) is 6.20. The molecule has 0 bridgehead atoms. The van der Waals surface area contributed by atoms with Crippen molar-refractivity contribution in [3.05, 3.63) is 17.8 Å². The van der Waals surface area contributed by atoms with E-state index in [1.54, 1.807) is 12.1 Å². The maximum absolute atomic E-state index is 11.3. The predicted molar refractivity (Wildman–Crippen MR) is 79.2 cm³/mol. The number of anilines is 1. The molecule has 0 spiro atoms. The van der Waals surface area contributed by atoms with Crippen LogP contribution < -0.4 is 10.6 Å². The molecule has 0 aromatic carbocycles. The molecule has 0 saturated heterocycles. The van der Waals surface area contributed by atoms with Gasteiger partial charge in [-0.25, -0.2) is 0 Å². The fourth-order valence-electron chi connectivity index (χ4n) is 1.96. The summed E-state index contributed by atoms with van der Waals surface area (Å²) >= 11 is 0. The molecule has 3 N–H and O–H groups in total. The molecule has 1 aromatic heterocycles. The quantitative estimate of drug-likeness (QED) is 0.638. The SMILES string of the molecule is CCC(CCNc1ccc(C(=O)NC)nn1)CCC(=O)O. The van der Waals surface area contributed by atoms with Gasteiger partial charge in [-0.15, -0.1) is 10.2 Å². The molecule has 7 heteroatoms. The van der Waals surface area contributed by atoms with Crippen molar-refractivity contribution in [2.75, 3.05) is 18.9 Å². The highest BCUT2D eigenvalue weighted by Gasteiger charge is 2.09. The van der Waals surface area contributed by atoms with E-state index < -0.39 is 5.97 Å². The molecule has 0 saturated carbocycles. The van der Waals surface area contributed by atoms with Gasteiger partial charge in [-0.3, -0.25) is 9.59 Å². The Bertz CT molecular complexity index is 462. The van der Waals surface area contributed by atoms with E-state index in [1.165, 1.54) is 7.05 Å². The zero-order chi connectivity index (χ0) is 15.7. The molecule has 1 rings (SSSR count). The number of carboxylic acid groups (broad SMARTS) is 1. The van der Waals surface area contributed by atoms with Crippen LogP contribution in [0.2, 0.25) is 0 Å². The van der Waals surface area contributed by atoms with Crippen molar-refractivity contribution in [2.45, 2.75) is 32.6 Å². The molecular weight excluding hydrogens is 272 g/mol. The highest BCUT2D eigenvalue weighted by atomic mass is 16.4. The predicted octanol–water partition coefficient (Wildman–Crippen LogP) is 1.53. The molecule has 1 unspecified atom stereocenters. The fourth-order valence-corrected chi connectivity index (χ4v) is 1.96. The summed E-state index contributed by atoms with van der Waals surface area (Å²) < 4.78 is 0. The normalized spacial score (nSPS) is 11.7. The number of amides is 1. The lowest BCUT2D eigenvalue weighted by atomic mass is 9.97. The number of nitrogens with one attached hydrogen (secondary N) is 2. The van der Waals surface area contributed by atoms with Crippen molar-refractivity contribution in [3.8, 4) is 0 Å². The summed E-state index contributed by atoms with van der Waals surface area (Å²) in [4.78, 5) is 21.9. The van der Waals surface area contributed by atoms with Gasteiger partial charge in [-0.2, -0.15) is 0 Å². The standard InChI is InChI=1S/C14H22N4O3/c1-3-10(4-7-13(19)20)8-9-16-12-6-5-11(17-18-12)14(21)15-2/h5-6,10H,3-4,7-9H2,1-2H3,(H,15,21)(H,16,18)(H,19,20). The molecule has 1 amide bonds. The van der Waals surface area contributed by atoms with Gasteiger partial charge in [-0.1, -0.05) is 13.3 Å². The van der Waals surface area contributed by atoms with Crippen LogP contribution in [0.15, 0.2) is 12.1 Å². The number of carbonyl (C=O) groups excluding carboxylic acids is 1. The highest BCUT2D eigenvalue weighted by molar-refractivity contribution is 5.91. The van der Waals surface area contributed by atoms with Gasteiger partial charge in [0.05, 0.1) is 0 Å². The minimum Gasteiger partial charge on any atom is -0.481 e. The third-order valence-electron chi connectivity index (χ3n) is 3.33. The molecule has 0 aliphatic carbocycles. The van der Waals surface area contributed by atoms with Crippen LogP contribution >= 0.6 is 0 Å². The molecule has 0 fully saturated rings. The van der Waals surface area contributed by atoms with E-state index in [1.807, 2.05) is 0 Å². The first-order valence-electron chi connectivity index (χ1n) is 7.08. The first-order chi connectivity index (χ1) is 10.1. The summed E-state index contributed by atoms with van der Waals surface area (Å²) in [5.41, 5.74) is 0.274. The monoisotopic (exact) mass is 294 g/mol. The van der Waals surface area contributed by atoms with Gasteiger partial charge in [0.25, 0.3) is 5.91 Å². The number of rotatable bonds is 9. The van der Waals surface area contributed by atoms with Gasteiger partial charge in [0.2, 0.25) is 0 Å². The largest absolute Gasteiger partial charge is 0.481 e. The Labute approximate surface area is 124 Å². The van der Waals surface area contributed by atoms with E-state index in [-0.39, 0.29) is 18.0 Å². The lowest BCUT2D eigenvalue weighted by Crippen LogP contribution is -2.20. The first-order valence-corrected chi connectivity index (χ1v) is 7.08. The Kier molecular flexibility index (Phi) is 7.14. The van der Waals surface area contributed by atoms with Gasteiger partial charge in [0.1, 0.15) is 5.82 Å². The highest BCUT2D eigenvalue weighted by Crippen LogP contribution is 2.15. The summed E-state index contributed by atoms with van der Waals surface area (Å²) in [6.07, 6.45) is 2.73. The van der Waals surface area contributed by atoms with Crippen LogP contribution in [0.25, 0.3) is 0 Å². The van der Waals surface area contributed by atoms with Gasteiger partial charge < -0.3 is 15.7 Å². The zero-order valence-corrected chi connectivity index (χ0v) is 12.4. The smallest absolute Gasteiger partial charge is 0.303 e. The molecule has 21 heavy (non-hydrogen) atoms. The Morgan fingerprint density at radius 3 is 2.57 bits per heavy atom. The zero-order valence-electron chi connectivity index (χ0n) is 12.4. The molecule has 0 aliphatic heterocycles. The van der Waals surface area contributed by atoms with Crippen LogP contribution in [0.4, 0.5) is 5.82 Å². The summed E-state index contributed by atoms with van der Waals surface area (Å²) in [6.45, 7) is 2.76. The Balaban J connectivity index is 2.37. The van der Waals surface area contributed by atoms with Crippen LogP contribution in [-0.4, -0.2) is 40.8 Å². The number of aromatic nitrogens is 2. The van der Waals surface area contributed by atoms with Gasteiger partial charge >= 0.3 is 5.97 Å². The average Bonchev–Trinajstić information content (AvgIpc) is 2.50. The molecule has 0 aliphatic rings. The number of carboxylic acids is 1. The Morgan fingerprint density at radius 1 is 1.29 bits per heavy atom. The number of carbonyl (C=O) groups is 2. The fraction of sp³-hybridized carbons (Fsp3) is 0.571. The maximum atomic E-state index is 11.3. The van der Waals surface area contributed by atoms with Crippen molar-refractivity contribution in [1.82, 2.24) is 15.5 Å². The van der Waals surface area contributed by atoms with E-state index in [0.717, 1.165) is 12.8 Å². The van der Waals surface area contributed by atoms with E-state index >= 15 is 0 Å². The van der Waals surface area contributed by atoms with Crippen LogP contribution in [-0.2, 0) is 4.79 Å². The maximum Gasteiger partial charge on any atom is 0.303 e. The third-order valence-corrected chi connectivity index (χ3v) is 3.33. The van der Waals surface area contributed by atoms with E-state index in [4.69, 9.17) is 5.11 Å². The molecule has 1 atom stereocenters. The van der Waals surface area contributed by atoms with Crippen molar-refractivity contribution < 1.29 is 14.7 Å². The number of nitrogens with zero attached hydrogens (tertiary/aromatic N) is 2. The number of hydrogen-bond donors (Lipinski definition) is 3. The van der Waals surface area contributed by atoms with Crippen molar-refractivity contribution in [3.63, 3.8) is 0 Å². The second-order valence-electron chi connectivity index (χ2n) is 4.81. The van der Waals surface area contributed by atoms with Crippen LogP contribution in [0.3, 0.4) is 0 Å². The Morgan fingerprint density at radius 2 is 2.05 bits per heavy atom. The van der Waals surface area contributed by atoms with E-state index in [9.17, 15) is 9.59 Å². The van der Waals surface area contributed by atoms with E-state index in [0.29, 0.717) is 24.7 Å². The molecular formula is C14H22N4O3. The lowest BCUT2D eigenvalue weighted by molar-refractivity contribution is -0.137. The molecule has 7 nitrogen and oxygen atoms in total. The summed E-state index contributed by atoms with van der Waals surface area (Å²) in [7, 11) is 1.54. The van der Waals surface area contributed by atoms with E-state index in [2.05, 4.69) is 27.8 Å². The summed E-state index contributed by atoms with van der Waals surface area (Å²) in [5.74, 6) is -0.0340. The average molecular weight is 294 g/mol. The number of aliphatic carboxylic acids is 1. The van der Waals surface area contributed by atoms with Crippen molar-refractivity contribution in [1.29, 1.82) is 0 Å². The summed E-state index contributed by atoms with van der Waals surface area (Å²) in [5, 5.41) is 22.0. The van der Waals surface area contributed by atoms with Gasteiger partial charge in [0.15, 0.2) is 5.69 Å².